The molecule has 0 radical (unpaired) electrons. The Balaban J connectivity index is 1.70. The number of nitrogens with one attached hydrogen (secondary N) is 1. The Morgan fingerprint density at radius 3 is 2.81 bits per heavy atom. The highest BCUT2D eigenvalue weighted by molar-refractivity contribution is 8.00. The fraction of sp³-hybridized carbons (Fsp3) is 0.571. The smallest absolute Gasteiger partial charge is 0.212 e. The number of hydrogen-bond donors (Lipinski definition) is 2. The number of thioether (sulfide) groups is 1. The highest BCUT2D eigenvalue weighted by Crippen LogP contribution is 2.20. The summed E-state index contributed by atoms with van der Waals surface area (Å²) in [6, 6.07) is 7.47. The zero-order chi connectivity index (χ0) is 15.1. The molecule has 2 rings (SSSR count). The van der Waals surface area contributed by atoms with Gasteiger partial charge < -0.3 is 10.5 Å². The monoisotopic (exact) mass is 330 g/mol. The van der Waals surface area contributed by atoms with Gasteiger partial charge in [0.25, 0.3) is 0 Å². The minimum atomic E-state index is -3.20. The first-order valence-electron chi connectivity index (χ1n) is 7.08. The molecular weight excluding hydrogens is 308 g/mol. The van der Waals surface area contributed by atoms with Gasteiger partial charge in [-0.25, -0.2) is 13.1 Å². The molecule has 0 saturated carbocycles. The molecule has 7 heteroatoms. The maximum Gasteiger partial charge on any atom is 0.212 e. The van der Waals surface area contributed by atoms with E-state index in [-0.39, 0.29) is 5.75 Å². The number of ether oxygens (including phenoxy) is 1. The average Bonchev–Trinajstić information content (AvgIpc) is 2.46. The van der Waals surface area contributed by atoms with Gasteiger partial charge in [-0.1, -0.05) is 6.07 Å². The molecule has 118 valence electrons. The first kappa shape index (κ1) is 16.6. The van der Waals surface area contributed by atoms with Crippen molar-refractivity contribution in [2.24, 2.45) is 5.92 Å². The predicted octanol–water partition coefficient (Wildman–Crippen LogP) is 1.71. The Kier molecular flexibility index (Phi) is 6.35. The molecule has 0 unspecified atom stereocenters. The summed E-state index contributed by atoms with van der Waals surface area (Å²) in [6.07, 6.45) is 1.86. The first-order chi connectivity index (χ1) is 10.1. The molecule has 0 atom stereocenters. The second kappa shape index (κ2) is 8.03. The van der Waals surface area contributed by atoms with Crippen molar-refractivity contribution in [1.82, 2.24) is 4.72 Å². The van der Waals surface area contributed by atoms with Crippen LogP contribution in [0.2, 0.25) is 0 Å². The molecule has 0 amide bonds. The number of nitrogen functional groups attached to an aromatic ring is 1. The molecular formula is C14H22N2O3S2. The summed E-state index contributed by atoms with van der Waals surface area (Å²) in [4.78, 5) is 0.995. The van der Waals surface area contributed by atoms with Gasteiger partial charge in [-0.15, -0.1) is 11.8 Å². The van der Waals surface area contributed by atoms with Crippen LogP contribution >= 0.6 is 11.8 Å². The zero-order valence-corrected chi connectivity index (χ0v) is 13.6. The highest BCUT2D eigenvalue weighted by Gasteiger charge is 2.17. The lowest BCUT2D eigenvalue weighted by Gasteiger charge is -2.22. The van der Waals surface area contributed by atoms with Gasteiger partial charge in [0.15, 0.2) is 0 Å². The van der Waals surface area contributed by atoms with Gasteiger partial charge in [0.2, 0.25) is 10.0 Å². The van der Waals surface area contributed by atoms with Crippen LogP contribution in [0, 0.1) is 5.92 Å². The number of rotatable bonds is 7. The van der Waals surface area contributed by atoms with E-state index in [0.29, 0.717) is 23.9 Å². The van der Waals surface area contributed by atoms with E-state index >= 15 is 0 Å². The molecule has 1 aromatic rings. The van der Waals surface area contributed by atoms with Gasteiger partial charge in [-0.3, -0.25) is 0 Å². The molecule has 1 heterocycles. The Morgan fingerprint density at radius 1 is 1.33 bits per heavy atom. The van der Waals surface area contributed by atoms with E-state index in [0.717, 1.165) is 31.0 Å². The number of sulfonamides is 1. The van der Waals surface area contributed by atoms with Crippen molar-refractivity contribution < 1.29 is 13.2 Å². The fourth-order valence-corrected chi connectivity index (χ4v) is 4.62. The van der Waals surface area contributed by atoms with E-state index in [1.807, 2.05) is 24.3 Å². The van der Waals surface area contributed by atoms with E-state index in [4.69, 9.17) is 10.5 Å². The molecule has 5 nitrogen and oxygen atoms in total. The lowest BCUT2D eigenvalue weighted by Crippen LogP contribution is -2.34. The minimum absolute atomic E-state index is 0.121. The quantitative estimate of drug-likeness (QED) is 0.587. The van der Waals surface area contributed by atoms with Crippen molar-refractivity contribution in [1.29, 1.82) is 0 Å². The number of anilines is 1. The van der Waals surface area contributed by atoms with E-state index < -0.39 is 10.0 Å². The standard InChI is InChI=1S/C14H22N2O3S2/c15-13-2-1-3-14(10-13)20-8-9-21(17,18)16-11-12-4-6-19-7-5-12/h1-3,10,12,16H,4-9,11,15H2. The summed E-state index contributed by atoms with van der Waals surface area (Å²) in [6.45, 7) is 1.99. The van der Waals surface area contributed by atoms with Crippen molar-refractivity contribution >= 4 is 27.5 Å². The van der Waals surface area contributed by atoms with E-state index in [1.165, 1.54) is 11.8 Å². The fourth-order valence-electron chi connectivity index (χ4n) is 2.14. The third-order valence-electron chi connectivity index (χ3n) is 3.41. The number of benzene rings is 1. The van der Waals surface area contributed by atoms with Gasteiger partial charge >= 0.3 is 0 Å². The molecule has 1 aliphatic rings. The SMILES string of the molecule is Nc1cccc(SCCS(=O)(=O)NCC2CCOCC2)c1. The number of hydrogen-bond acceptors (Lipinski definition) is 5. The van der Waals surface area contributed by atoms with E-state index in [2.05, 4.69) is 4.72 Å². The van der Waals surface area contributed by atoms with Gasteiger partial charge in [0, 0.05) is 36.1 Å². The summed E-state index contributed by atoms with van der Waals surface area (Å²) in [7, 11) is -3.20. The molecule has 1 aliphatic heterocycles. The van der Waals surface area contributed by atoms with Crippen LogP contribution in [0.4, 0.5) is 5.69 Å². The summed E-state index contributed by atoms with van der Waals surface area (Å²) >= 11 is 1.50. The van der Waals surface area contributed by atoms with Crippen molar-refractivity contribution in [2.75, 3.05) is 37.0 Å². The van der Waals surface area contributed by atoms with Crippen LogP contribution in [0.25, 0.3) is 0 Å². The van der Waals surface area contributed by atoms with Gasteiger partial charge in [0.1, 0.15) is 0 Å². The molecule has 0 aromatic heterocycles. The van der Waals surface area contributed by atoms with Crippen LogP contribution in [-0.4, -0.2) is 39.7 Å². The molecule has 21 heavy (non-hydrogen) atoms. The summed E-state index contributed by atoms with van der Waals surface area (Å²) in [5, 5.41) is 0. The van der Waals surface area contributed by atoms with Gasteiger partial charge in [-0.2, -0.15) is 0 Å². The Labute approximate surface area is 130 Å². The minimum Gasteiger partial charge on any atom is -0.399 e. The molecule has 3 N–H and O–H groups in total. The van der Waals surface area contributed by atoms with Crippen LogP contribution in [0.3, 0.4) is 0 Å². The first-order valence-corrected chi connectivity index (χ1v) is 9.72. The van der Waals surface area contributed by atoms with E-state index in [1.54, 1.807) is 0 Å². The zero-order valence-electron chi connectivity index (χ0n) is 12.0. The molecule has 0 spiro atoms. The molecule has 0 bridgehead atoms. The van der Waals surface area contributed by atoms with Crippen LogP contribution in [0.15, 0.2) is 29.2 Å². The highest BCUT2D eigenvalue weighted by atomic mass is 32.2. The lowest BCUT2D eigenvalue weighted by atomic mass is 10.0. The van der Waals surface area contributed by atoms with Crippen molar-refractivity contribution in [3.63, 3.8) is 0 Å². The maximum atomic E-state index is 11.9. The third-order valence-corrected chi connectivity index (χ3v) is 6.01. The maximum absolute atomic E-state index is 11.9. The largest absolute Gasteiger partial charge is 0.399 e. The normalized spacial score (nSPS) is 17.0. The lowest BCUT2D eigenvalue weighted by molar-refractivity contribution is 0.0678. The molecule has 1 fully saturated rings. The molecule has 0 aliphatic carbocycles. The second-order valence-corrected chi connectivity index (χ2v) is 8.24. The second-order valence-electron chi connectivity index (χ2n) is 5.14. The summed E-state index contributed by atoms with van der Waals surface area (Å²) in [5.41, 5.74) is 6.39. The Morgan fingerprint density at radius 2 is 2.10 bits per heavy atom. The predicted molar refractivity (Wildman–Crippen MR) is 86.9 cm³/mol. The number of nitrogens with two attached hydrogens (primary N) is 1. The van der Waals surface area contributed by atoms with Crippen molar-refractivity contribution in [3.05, 3.63) is 24.3 Å². The van der Waals surface area contributed by atoms with Gasteiger partial charge in [0.05, 0.1) is 5.75 Å². The topological polar surface area (TPSA) is 81.4 Å². The van der Waals surface area contributed by atoms with Crippen LogP contribution in [-0.2, 0) is 14.8 Å². The molecule has 1 saturated heterocycles. The molecule has 1 aromatic carbocycles. The van der Waals surface area contributed by atoms with Crippen LogP contribution in [0.1, 0.15) is 12.8 Å². The Hall–Kier alpha value is -0.760. The van der Waals surface area contributed by atoms with Crippen molar-refractivity contribution in [3.8, 4) is 0 Å². The Bertz CT molecular complexity index is 543. The third kappa shape index (κ3) is 6.25. The summed E-state index contributed by atoms with van der Waals surface area (Å²) < 4.78 is 31.9. The van der Waals surface area contributed by atoms with E-state index in [9.17, 15) is 8.42 Å². The van der Waals surface area contributed by atoms with Crippen LogP contribution in [0.5, 0.6) is 0 Å². The van der Waals surface area contributed by atoms with Crippen molar-refractivity contribution in [2.45, 2.75) is 17.7 Å². The summed E-state index contributed by atoms with van der Waals surface area (Å²) in [5.74, 6) is 1.04. The van der Waals surface area contributed by atoms with Crippen LogP contribution < -0.4 is 10.5 Å². The van der Waals surface area contributed by atoms with Gasteiger partial charge in [-0.05, 0) is 37.0 Å². The average molecular weight is 330 g/mol.